The molecule has 5 unspecified atom stereocenters. The first-order valence-corrected chi connectivity index (χ1v) is 12.2. The van der Waals surface area contributed by atoms with Gasteiger partial charge in [-0.25, -0.2) is 0 Å². The number of rotatable bonds is 13. The molecule has 0 radical (unpaired) electrons. The Morgan fingerprint density at radius 1 is 1.25 bits per heavy atom. The molecule has 1 aliphatic carbocycles. The maximum atomic E-state index is 12.8. The number of ether oxygens (including phenoxy) is 3. The quantitative estimate of drug-likeness (QED) is 0.217. The Labute approximate surface area is 210 Å². The molecule has 36 heavy (non-hydrogen) atoms. The number of carbonyl (C=O) groups excluding carboxylic acids is 1. The van der Waals surface area contributed by atoms with Gasteiger partial charge in [0, 0.05) is 25.9 Å². The molecule has 1 aromatic rings. The fourth-order valence-corrected chi connectivity index (χ4v) is 4.27. The van der Waals surface area contributed by atoms with E-state index in [0.717, 1.165) is 18.6 Å². The molecule has 6 nitrogen and oxygen atoms in total. The molecule has 0 aliphatic heterocycles. The van der Waals surface area contributed by atoms with Crippen LogP contribution in [-0.4, -0.2) is 54.3 Å². The van der Waals surface area contributed by atoms with Crippen LogP contribution in [0.2, 0.25) is 0 Å². The number of aliphatic hydroxyl groups is 2. The van der Waals surface area contributed by atoms with E-state index in [-0.39, 0.29) is 42.4 Å². The summed E-state index contributed by atoms with van der Waals surface area (Å²) in [4.78, 5) is 11.6. The van der Waals surface area contributed by atoms with Gasteiger partial charge in [0.1, 0.15) is 18.5 Å². The predicted molar refractivity (Wildman–Crippen MR) is 129 cm³/mol. The summed E-state index contributed by atoms with van der Waals surface area (Å²) in [5.74, 6) is -0.473. The molecule has 1 fully saturated rings. The van der Waals surface area contributed by atoms with Crippen molar-refractivity contribution in [3.05, 3.63) is 54.1 Å². The molecule has 1 aliphatic rings. The van der Waals surface area contributed by atoms with Gasteiger partial charge in [0.15, 0.2) is 0 Å². The summed E-state index contributed by atoms with van der Waals surface area (Å²) in [6, 6.07) is 4.48. The van der Waals surface area contributed by atoms with Crippen LogP contribution in [0.1, 0.15) is 51.5 Å². The standard InChI is InChI=1S/C27H37F3O6/c1-18(2)36-26(33)12-7-5-4-6-11-23-22(24(32)16-25(23)34-3)14-13-20(31)17-35-21-10-8-9-19(15-21)27(28,29)30/h4,6,8-10,13-15,18,20,22-25,31-32H,5,7,11-12,16-17H2,1-3H3. The van der Waals surface area contributed by atoms with E-state index in [0.29, 0.717) is 25.7 Å². The molecular formula is C27H37F3O6. The highest BCUT2D eigenvalue weighted by Crippen LogP contribution is 2.38. The van der Waals surface area contributed by atoms with Crippen molar-refractivity contribution in [2.24, 2.45) is 11.8 Å². The topological polar surface area (TPSA) is 85.2 Å². The fourth-order valence-electron chi connectivity index (χ4n) is 4.27. The first-order valence-electron chi connectivity index (χ1n) is 12.2. The summed E-state index contributed by atoms with van der Waals surface area (Å²) in [6.07, 6.45) is 3.66. The van der Waals surface area contributed by atoms with Gasteiger partial charge in [-0.3, -0.25) is 4.79 Å². The molecule has 0 saturated heterocycles. The highest BCUT2D eigenvalue weighted by Gasteiger charge is 2.40. The van der Waals surface area contributed by atoms with Crippen LogP contribution in [0, 0.1) is 11.8 Å². The summed E-state index contributed by atoms with van der Waals surface area (Å²) in [6.45, 7) is 3.40. The highest BCUT2D eigenvalue weighted by molar-refractivity contribution is 5.69. The lowest BCUT2D eigenvalue weighted by atomic mass is 9.89. The van der Waals surface area contributed by atoms with Crippen molar-refractivity contribution >= 4 is 5.97 Å². The van der Waals surface area contributed by atoms with E-state index in [9.17, 15) is 28.2 Å². The van der Waals surface area contributed by atoms with E-state index in [1.807, 2.05) is 26.0 Å². The molecule has 0 bridgehead atoms. The van der Waals surface area contributed by atoms with Gasteiger partial charge < -0.3 is 24.4 Å². The first kappa shape index (κ1) is 29.9. The number of alkyl halides is 3. The Morgan fingerprint density at radius 2 is 2.00 bits per heavy atom. The van der Waals surface area contributed by atoms with E-state index in [1.165, 1.54) is 18.2 Å². The molecule has 0 spiro atoms. The number of hydrogen-bond donors (Lipinski definition) is 2. The van der Waals surface area contributed by atoms with Crippen molar-refractivity contribution in [3.63, 3.8) is 0 Å². The van der Waals surface area contributed by atoms with E-state index < -0.39 is 23.9 Å². The number of carbonyl (C=O) groups is 1. The highest BCUT2D eigenvalue weighted by atomic mass is 19.4. The minimum Gasteiger partial charge on any atom is -0.491 e. The lowest BCUT2D eigenvalue weighted by Gasteiger charge is -2.21. The minimum absolute atomic E-state index is 0.0121. The van der Waals surface area contributed by atoms with Gasteiger partial charge in [-0.1, -0.05) is 30.4 Å². The number of methoxy groups -OCH3 is 1. The first-order chi connectivity index (χ1) is 17.0. The third-order valence-corrected chi connectivity index (χ3v) is 6.02. The van der Waals surface area contributed by atoms with E-state index >= 15 is 0 Å². The van der Waals surface area contributed by atoms with Gasteiger partial charge in [-0.2, -0.15) is 13.2 Å². The molecule has 1 saturated carbocycles. The number of unbranched alkanes of at least 4 members (excludes halogenated alkanes) is 1. The zero-order valence-corrected chi connectivity index (χ0v) is 21.0. The van der Waals surface area contributed by atoms with Crippen molar-refractivity contribution in [2.75, 3.05) is 13.7 Å². The normalized spacial score (nSPS) is 23.6. The Hall–Kier alpha value is -2.36. The van der Waals surface area contributed by atoms with Crippen LogP contribution in [0.25, 0.3) is 0 Å². The summed E-state index contributed by atoms with van der Waals surface area (Å²) < 4.78 is 54.5. The van der Waals surface area contributed by atoms with Gasteiger partial charge in [-0.15, -0.1) is 0 Å². The van der Waals surface area contributed by atoms with Crippen LogP contribution in [0.4, 0.5) is 13.2 Å². The van der Waals surface area contributed by atoms with Gasteiger partial charge in [-0.05, 0) is 57.2 Å². The Kier molecular flexibility index (Phi) is 11.9. The van der Waals surface area contributed by atoms with Gasteiger partial charge in [0.05, 0.1) is 23.9 Å². The third-order valence-electron chi connectivity index (χ3n) is 6.02. The molecule has 9 heteroatoms. The predicted octanol–water partition coefficient (Wildman–Crippen LogP) is 5.08. The second kappa shape index (κ2) is 14.4. The monoisotopic (exact) mass is 514 g/mol. The van der Waals surface area contributed by atoms with E-state index in [4.69, 9.17) is 14.2 Å². The molecule has 0 amide bonds. The average molecular weight is 515 g/mol. The number of esters is 1. The van der Waals surface area contributed by atoms with Crippen LogP contribution >= 0.6 is 0 Å². The number of aliphatic hydroxyl groups excluding tert-OH is 2. The van der Waals surface area contributed by atoms with Crippen LogP contribution in [0.3, 0.4) is 0 Å². The van der Waals surface area contributed by atoms with Gasteiger partial charge in [0.25, 0.3) is 0 Å². The fraction of sp³-hybridized carbons (Fsp3) is 0.593. The number of allylic oxidation sites excluding steroid dienone is 2. The van der Waals surface area contributed by atoms with Crippen LogP contribution in [-0.2, 0) is 20.4 Å². The van der Waals surface area contributed by atoms with Crippen molar-refractivity contribution in [3.8, 4) is 5.75 Å². The lowest BCUT2D eigenvalue weighted by molar-refractivity contribution is -0.147. The zero-order valence-electron chi connectivity index (χ0n) is 21.0. The van der Waals surface area contributed by atoms with Crippen molar-refractivity contribution in [1.82, 2.24) is 0 Å². The van der Waals surface area contributed by atoms with E-state index in [1.54, 1.807) is 13.2 Å². The lowest BCUT2D eigenvalue weighted by Crippen LogP contribution is -2.22. The number of halogens is 3. The SMILES string of the molecule is COC1CC(O)C(C=CC(O)COc2cccc(C(F)(F)F)c2)C1CC=CCCCC(=O)OC(C)C. The van der Waals surface area contributed by atoms with Crippen molar-refractivity contribution < 1.29 is 42.4 Å². The Morgan fingerprint density at radius 3 is 2.67 bits per heavy atom. The molecule has 5 atom stereocenters. The number of benzene rings is 1. The molecular weight excluding hydrogens is 477 g/mol. The number of hydrogen-bond acceptors (Lipinski definition) is 6. The molecule has 0 heterocycles. The molecule has 2 N–H and O–H groups in total. The Bertz CT molecular complexity index is 867. The summed E-state index contributed by atoms with van der Waals surface area (Å²) >= 11 is 0. The molecule has 2 rings (SSSR count). The Balaban J connectivity index is 1.87. The summed E-state index contributed by atoms with van der Waals surface area (Å²) in [5.41, 5.74) is -0.823. The molecule has 1 aromatic carbocycles. The zero-order chi connectivity index (χ0) is 26.7. The van der Waals surface area contributed by atoms with Crippen LogP contribution < -0.4 is 4.74 Å². The molecule has 0 aromatic heterocycles. The van der Waals surface area contributed by atoms with Gasteiger partial charge >= 0.3 is 12.1 Å². The minimum atomic E-state index is -4.47. The average Bonchev–Trinajstić information content (AvgIpc) is 3.11. The second-order valence-corrected chi connectivity index (χ2v) is 9.25. The summed E-state index contributed by atoms with van der Waals surface area (Å²) in [7, 11) is 1.60. The van der Waals surface area contributed by atoms with Gasteiger partial charge in [0.2, 0.25) is 0 Å². The summed E-state index contributed by atoms with van der Waals surface area (Å²) in [5, 5.41) is 20.8. The smallest absolute Gasteiger partial charge is 0.416 e. The molecule has 202 valence electrons. The third kappa shape index (κ3) is 9.95. The largest absolute Gasteiger partial charge is 0.491 e. The maximum absolute atomic E-state index is 12.8. The van der Waals surface area contributed by atoms with Crippen molar-refractivity contribution in [2.45, 2.75) is 76.5 Å². The van der Waals surface area contributed by atoms with Crippen LogP contribution in [0.15, 0.2) is 48.6 Å². The van der Waals surface area contributed by atoms with Crippen molar-refractivity contribution in [1.29, 1.82) is 0 Å². The van der Waals surface area contributed by atoms with Crippen LogP contribution in [0.5, 0.6) is 5.75 Å². The second-order valence-electron chi connectivity index (χ2n) is 9.25. The van der Waals surface area contributed by atoms with E-state index in [2.05, 4.69) is 0 Å². The maximum Gasteiger partial charge on any atom is 0.416 e.